The summed E-state index contributed by atoms with van der Waals surface area (Å²) in [7, 11) is 0. The zero-order valence-electron chi connectivity index (χ0n) is 12.0. The predicted molar refractivity (Wildman–Crippen MR) is 82.4 cm³/mol. The first-order valence-electron chi connectivity index (χ1n) is 6.79. The molecule has 0 saturated heterocycles. The van der Waals surface area contributed by atoms with Gasteiger partial charge in [0.25, 0.3) is 5.91 Å². The van der Waals surface area contributed by atoms with Crippen LogP contribution in [0, 0.1) is 0 Å². The summed E-state index contributed by atoms with van der Waals surface area (Å²) in [5.74, 6) is 1.03. The van der Waals surface area contributed by atoms with E-state index in [1.54, 1.807) is 18.2 Å². The van der Waals surface area contributed by atoms with Crippen LogP contribution < -0.4 is 14.8 Å². The molecule has 0 saturated carbocycles. The van der Waals surface area contributed by atoms with E-state index in [9.17, 15) is 4.79 Å². The Hall–Kier alpha value is -2.49. The Balaban J connectivity index is 2.00. The van der Waals surface area contributed by atoms with Crippen LogP contribution in [0.5, 0.6) is 11.5 Å². The summed E-state index contributed by atoms with van der Waals surface area (Å²) in [5, 5.41) is 2.88. The molecule has 1 unspecified atom stereocenters. The van der Waals surface area contributed by atoms with E-state index in [2.05, 4.69) is 18.5 Å². The van der Waals surface area contributed by atoms with Gasteiger partial charge in [-0.05, 0) is 24.6 Å². The fourth-order valence-corrected chi connectivity index (χ4v) is 2.06. The highest BCUT2D eigenvalue weighted by molar-refractivity contribution is 5.82. The summed E-state index contributed by atoms with van der Waals surface area (Å²) in [6.07, 6.45) is 4.51. The molecule has 1 aliphatic rings. The van der Waals surface area contributed by atoms with E-state index >= 15 is 0 Å². The fraction of sp³-hybridized carbons (Fsp3) is 0.235. The molecule has 1 aromatic rings. The number of ether oxygens (including phenoxy) is 2. The number of carbonyl (C=O) groups is 1. The van der Waals surface area contributed by atoms with E-state index in [1.165, 1.54) is 0 Å². The van der Waals surface area contributed by atoms with Crippen LogP contribution in [0.4, 0.5) is 0 Å². The number of hydrogen-bond donors (Lipinski definition) is 1. The van der Waals surface area contributed by atoms with Gasteiger partial charge in [0.05, 0.1) is 6.04 Å². The van der Waals surface area contributed by atoms with Crippen LogP contribution in [0.15, 0.2) is 61.2 Å². The minimum atomic E-state index is -0.655. The Kier molecular flexibility index (Phi) is 4.82. The first-order chi connectivity index (χ1) is 10.2. The molecule has 0 aliphatic carbocycles. The van der Waals surface area contributed by atoms with E-state index in [-0.39, 0.29) is 18.6 Å². The molecule has 2 atom stereocenters. The Morgan fingerprint density at radius 3 is 2.76 bits per heavy atom. The number of para-hydroxylation sites is 2. The van der Waals surface area contributed by atoms with Gasteiger partial charge in [0.15, 0.2) is 11.5 Å². The largest absolute Gasteiger partial charge is 0.485 e. The topological polar surface area (TPSA) is 47.6 Å². The van der Waals surface area contributed by atoms with Gasteiger partial charge >= 0.3 is 0 Å². The van der Waals surface area contributed by atoms with Crippen molar-refractivity contribution in [2.75, 3.05) is 6.61 Å². The van der Waals surface area contributed by atoms with Crippen molar-refractivity contribution in [3.05, 3.63) is 61.2 Å². The Morgan fingerprint density at radius 2 is 2.10 bits per heavy atom. The van der Waals surface area contributed by atoms with Gasteiger partial charge < -0.3 is 14.8 Å². The van der Waals surface area contributed by atoms with Gasteiger partial charge in [-0.25, -0.2) is 0 Å². The number of nitrogens with one attached hydrogen (secondary N) is 1. The van der Waals surface area contributed by atoms with Crippen molar-refractivity contribution < 1.29 is 14.3 Å². The van der Waals surface area contributed by atoms with Gasteiger partial charge in [-0.1, -0.05) is 43.5 Å². The maximum Gasteiger partial charge on any atom is 0.265 e. The lowest BCUT2D eigenvalue weighted by Gasteiger charge is -2.27. The molecule has 1 amide bonds. The van der Waals surface area contributed by atoms with E-state index in [0.717, 1.165) is 5.57 Å². The molecular formula is C17H19NO3. The second-order valence-corrected chi connectivity index (χ2v) is 4.70. The summed E-state index contributed by atoms with van der Waals surface area (Å²) < 4.78 is 11.2. The zero-order valence-corrected chi connectivity index (χ0v) is 12.0. The molecule has 0 aromatic heterocycles. The first kappa shape index (κ1) is 14.9. The first-order valence-corrected chi connectivity index (χ1v) is 6.79. The van der Waals surface area contributed by atoms with E-state index < -0.39 is 6.10 Å². The zero-order chi connectivity index (χ0) is 15.2. The molecule has 1 N–H and O–H groups in total. The molecule has 110 valence electrons. The van der Waals surface area contributed by atoms with Crippen molar-refractivity contribution in [2.45, 2.75) is 19.1 Å². The lowest BCUT2D eigenvalue weighted by Crippen LogP contribution is -2.47. The molecule has 0 spiro atoms. The van der Waals surface area contributed by atoms with E-state index in [1.807, 2.05) is 31.2 Å². The van der Waals surface area contributed by atoms with Crippen LogP contribution >= 0.6 is 0 Å². The quantitative estimate of drug-likeness (QED) is 0.846. The highest BCUT2D eigenvalue weighted by Crippen LogP contribution is 2.30. The van der Waals surface area contributed by atoms with E-state index in [0.29, 0.717) is 11.5 Å². The maximum atomic E-state index is 12.2. The number of fused-ring (bicyclic) bond motifs is 1. The standard InChI is InChI=1S/C17H19NO3/c1-4-8-13(5-2)12(3)18-17(19)16-11-20-14-9-6-7-10-15(14)21-16/h4-10,12,16H,1-2,11H2,3H3,(H,18,19)/b13-8+/t12-,16?/m1/s1. The monoisotopic (exact) mass is 285 g/mol. The lowest BCUT2D eigenvalue weighted by molar-refractivity contribution is -0.130. The van der Waals surface area contributed by atoms with Gasteiger partial charge in [0.2, 0.25) is 6.10 Å². The molecule has 0 radical (unpaired) electrons. The SMILES string of the molecule is C=C/C=C(\C=C)[C@@H](C)NC(=O)C1COc2ccccc2O1. The minimum Gasteiger partial charge on any atom is -0.485 e. The van der Waals surface area contributed by atoms with Gasteiger partial charge in [0, 0.05) is 0 Å². The number of amides is 1. The number of rotatable bonds is 5. The number of hydrogen-bond acceptors (Lipinski definition) is 3. The predicted octanol–water partition coefficient (Wildman–Crippen LogP) is 2.63. The normalized spacial score (nSPS) is 18.5. The Labute approximate surface area is 124 Å². The molecule has 2 rings (SSSR count). The molecule has 4 nitrogen and oxygen atoms in total. The number of allylic oxidation sites excluding steroid dienone is 2. The second-order valence-electron chi connectivity index (χ2n) is 4.70. The van der Waals surface area contributed by atoms with Crippen molar-refractivity contribution in [2.24, 2.45) is 0 Å². The minimum absolute atomic E-state index is 0.172. The summed E-state index contributed by atoms with van der Waals surface area (Å²) in [6.45, 7) is 9.45. The average Bonchev–Trinajstić information content (AvgIpc) is 2.51. The van der Waals surface area contributed by atoms with Crippen molar-refractivity contribution in [1.82, 2.24) is 5.32 Å². The van der Waals surface area contributed by atoms with Gasteiger partial charge in [-0.3, -0.25) is 4.79 Å². The summed E-state index contributed by atoms with van der Waals surface area (Å²) in [4.78, 5) is 12.2. The second kappa shape index (κ2) is 6.79. The van der Waals surface area contributed by atoms with Crippen molar-refractivity contribution in [3.63, 3.8) is 0 Å². The molecule has 1 aliphatic heterocycles. The van der Waals surface area contributed by atoms with Crippen LogP contribution in [0.25, 0.3) is 0 Å². The Morgan fingerprint density at radius 1 is 1.38 bits per heavy atom. The molecule has 1 heterocycles. The van der Waals surface area contributed by atoms with Gasteiger partial charge in [-0.15, -0.1) is 0 Å². The Bertz CT molecular complexity index is 577. The van der Waals surface area contributed by atoms with Gasteiger partial charge in [-0.2, -0.15) is 0 Å². The average molecular weight is 285 g/mol. The van der Waals surface area contributed by atoms with Crippen LogP contribution in [0.2, 0.25) is 0 Å². The van der Waals surface area contributed by atoms with Crippen molar-refractivity contribution in [3.8, 4) is 11.5 Å². The smallest absolute Gasteiger partial charge is 0.265 e. The fourth-order valence-electron chi connectivity index (χ4n) is 2.06. The third kappa shape index (κ3) is 3.54. The summed E-state index contributed by atoms with van der Waals surface area (Å²) in [6, 6.07) is 7.13. The molecule has 4 heteroatoms. The number of benzene rings is 1. The maximum absolute atomic E-state index is 12.2. The summed E-state index contributed by atoms with van der Waals surface area (Å²) in [5.41, 5.74) is 0.885. The molecule has 1 aromatic carbocycles. The lowest BCUT2D eigenvalue weighted by atomic mass is 10.1. The third-order valence-electron chi connectivity index (χ3n) is 3.21. The van der Waals surface area contributed by atoms with Crippen LogP contribution in [-0.2, 0) is 4.79 Å². The third-order valence-corrected chi connectivity index (χ3v) is 3.21. The molecule has 21 heavy (non-hydrogen) atoms. The van der Waals surface area contributed by atoms with Crippen molar-refractivity contribution >= 4 is 5.91 Å². The number of carbonyl (C=O) groups excluding carboxylic acids is 1. The van der Waals surface area contributed by atoms with Crippen LogP contribution in [0.1, 0.15) is 6.92 Å². The van der Waals surface area contributed by atoms with E-state index in [4.69, 9.17) is 9.47 Å². The highest BCUT2D eigenvalue weighted by Gasteiger charge is 2.28. The molecule has 0 bridgehead atoms. The highest BCUT2D eigenvalue weighted by atomic mass is 16.6. The summed E-state index contributed by atoms with van der Waals surface area (Å²) >= 11 is 0. The molecular weight excluding hydrogens is 266 g/mol. The van der Waals surface area contributed by atoms with Crippen molar-refractivity contribution in [1.29, 1.82) is 0 Å². The van der Waals surface area contributed by atoms with Crippen LogP contribution in [0.3, 0.4) is 0 Å². The van der Waals surface area contributed by atoms with Crippen LogP contribution in [-0.4, -0.2) is 24.7 Å². The molecule has 0 fully saturated rings. The van der Waals surface area contributed by atoms with Gasteiger partial charge in [0.1, 0.15) is 6.61 Å².